The number of carbonyl (C=O) groups is 1. The molecule has 5 heteroatoms. The van der Waals surface area contributed by atoms with Crippen LogP contribution in [0.4, 0.5) is 0 Å². The lowest BCUT2D eigenvalue weighted by atomic mass is 9.83. The van der Waals surface area contributed by atoms with E-state index in [4.69, 9.17) is 4.74 Å². The van der Waals surface area contributed by atoms with Crippen molar-refractivity contribution in [1.29, 1.82) is 0 Å². The Morgan fingerprint density at radius 1 is 1.07 bits per heavy atom. The van der Waals surface area contributed by atoms with Crippen molar-refractivity contribution < 1.29 is 9.53 Å². The van der Waals surface area contributed by atoms with Gasteiger partial charge in [-0.25, -0.2) is 0 Å². The molecule has 158 valence electrons. The summed E-state index contributed by atoms with van der Waals surface area (Å²) in [7, 11) is 1.73. The molecule has 0 radical (unpaired) electrons. The Morgan fingerprint density at radius 2 is 1.89 bits per heavy atom. The highest BCUT2D eigenvalue weighted by Crippen LogP contribution is 2.31. The van der Waals surface area contributed by atoms with Gasteiger partial charge in [0.05, 0.1) is 6.61 Å². The third-order valence-corrected chi connectivity index (χ3v) is 6.57. The van der Waals surface area contributed by atoms with Crippen molar-refractivity contribution in [3.63, 3.8) is 0 Å². The number of aromatic nitrogens is 1. The lowest BCUT2D eigenvalue weighted by Crippen LogP contribution is -2.52. The van der Waals surface area contributed by atoms with E-state index in [1.54, 1.807) is 7.11 Å². The first-order valence-electron chi connectivity index (χ1n) is 11.4. The van der Waals surface area contributed by atoms with Gasteiger partial charge in [-0.15, -0.1) is 0 Å². The molecule has 3 rings (SSSR count). The highest BCUT2D eigenvalue weighted by molar-refractivity contribution is 5.76. The van der Waals surface area contributed by atoms with E-state index in [0.717, 1.165) is 38.9 Å². The van der Waals surface area contributed by atoms with Gasteiger partial charge in [0, 0.05) is 51.6 Å². The predicted octanol–water partition coefficient (Wildman–Crippen LogP) is 3.79. The topological polar surface area (TPSA) is 37.7 Å². The van der Waals surface area contributed by atoms with Crippen LogP contribution in [0.15, 0.2) is 24.5 Å². The van der Waals surface area contributed by atoms with Gasteiger partial charge in [0.15, 0.2) is 0 Å². The average molecular weight is 390 g/mol. The van der Waals surface area contributed by atoms with Crippen molar-refractivity contribution in [2.45, 2.75) is 70.4 Å². The SMILES string of the molecule is COCCN(CC1CCCN2CCCCC12)C(=O)CCCCCn1cccc1. The molecular weight excluding hydrogens is 350 g/mol. The van der Waals surface area contributed by atoms with E-state index in [2.05, 4.69) is 38.9 Å². The number of methoxy groups -OCH3 is 1. The second-order valence-electron chi connectivity index (χ2n) is 8.57. The summed E-state index contributed by atoms with van der Waals surface area (Å²) in [4.78, 5) is 17.7. The fourth-order valence-corrected chi connectivity index (χ4v) is 5.02. The summed E-state index contributed by atoms with van der Waals surface area (Å²) in [5, 5.41) is 0. The first kappa shape index (κ1) is 21.4. The average Bonchev–Trinajstić information content (AvgIpc) is 3.24. The molecular formula is C23H39N3O2. The summed E-state index contributed by atoms with van der Waals surface area (Å²) in [5.74, 6) is 0.967. The predicted molar refractivity (Wildman–Crippen MR) is 113 cm³/mol. The molecule has 2 aliphatic rings. The standard InChI is InChI=1S/C23H39N3O2/c1-28-19-18-26(20-21-10-9-17-25-16-6-4-11-22(21)25)23(27)12-3-2-5-13-24-14-7-8-15-24/h7-8,14-15,21-22H,2-6,9-13,16-20H2,1H3. The summed E-state index contributed by atoms with van der Waals surface area (Å²) >= 11 is 0. The number of hydrogen-bond donors (Lipinski definition) is 0. The lowest BCUT2D eigenvalue weighted by Gasteiger charge is -2.45. The summed E-state index contributed by atoms with van der Waals surface area (Å²) in [5.41, 5.74) is 0. The molecule has 28 heavy (non-hydrogen) atoms. The van der Waals surface area contributed by atoms with Gasteiger partial charge in [-0.1, -0.05) is 12.8 Å². The van der Waals surface area contributed by atoms with Crippen LogP contribution in [0.25, 0.3) is 0 Å². The number of piperidine rings is 2. The molecule has 1 aromatic rings. The fraction of sp³-hybridized carbons (Fsp3) is 0.783. The molecule has 0 spiro atoms. The van der Waals surface area contributed by atoms with Crippen LogP contribution < -0.4 is 0 Å². The van der Waals surface area contributed by atoms with Crippen LogP contribution in [0.1, 0.15) is 57.8 Å². The Labute approximate surface area is 171 Å². The van der Waals surface area contributed by atoms with Crippen molar-refractivity contribution in [3.8, 4) is 0 Å². The number of carbonyl (C=O) groups excluding carboxylic acids is 1. The fourth-order valence-electron chi connectivity index (χ4n) is 5.02. The number of ether oxygens (including phenoxy) is 1. The van der Waals surface area contributed by atoms with Gasteiger partial charge < -0.3 is 19.1 Å². The zero-order valence-electron chi connectivity index (χ0n) is 17.7. The first-order valence-corrected chi connectivity index (χ1v) is 11.4. The van der Waals surface area contributed by atoms with Crippen LogP contribution in [-0.2, 0) is 16.1 Å². The van der Waals surface area contributed by atoms with Crippen molar-refractivity contribution in [3.05, 3.63) is 24.5 Å². The van der Waals surface area contributed by atoms with Crippen LogP contribution >= 0.6 is 0 Å². The first-order chi connectivity index (χ1) is 13.8. The Balaban J connectivity index is 1.44. The third-order valence-electron chi connectivity index (χ3n) is 6.57. The molecule has 2 unspecified atom stereocenters. The third kappa shape index (κ3) is 6.35. The number of hydrogen-bond acceptors (Lipinski definition) is 3. The highest BCUT2D eigenvalue weighted by Gasteiger charge is 2.34. The van der Waals surface area contributed by atoms with Crippen LogP contribution in [-0.4, -0.2) is 66.2 Å². The Hall–Kier alpha value is -1.33. The summed E-state index contributed by atoms with van der Waals surface area (Å²) < 4.78 is 7.51. The normalized spacial score (nSPS) is 22.8. The Kier molecular flexibility index (Phi) is 8.87. The zero-order valence-corrected chi connectivity index (χ0v) is 17.7. The lowest BCUT2D eigenvalue weighted by molar-refractivity contribution is -0.133. The Bertz CT molecular complexity index is 558. The molecule has 1 amide bonds. The number of aryl methyl sites for hydroxylation is 1. The summed E-state index contributed by atoms with van der Waals surface area (Å²) in [6.45, 7) is 5.87. The summed E-state index contributed by atoms with van der Waals surface area (Å²) in [6, 6.07) is 4.83. The quantitative estimate of drug-likeness (QED) is 0.541. The second-order valence-corrected chi connectivity index (χ2v) is 8.57. The molecule has 2 atom stereocenters. The molecule has 0 aromatic carbocycles. The van der Waals surface area contributed by atoms with Gasteiger partial charge >= 0.3 is 0 Å². The van der Waals surface area contributed by atoms with Crippen molar-refractivity contribution in [2.75, 3.05) is 39.9 Å². The zero-order chi connectivity index (χ0) is 19.6. The monoisotopic (exact) mass is 389 g/mol. The van der Waals surface area contributed by atoms with Gasteiger partial charge in [0.25, 0.3) is 0 Å². The van der Waals surface area contributed by atoms with Gasteiger partial charge in [0.2, 0.25) is 5.91 Å². The van der Waals surface area contributed by atoms with Crippen molar-refractivity contribution in [1.82, 2.24) is 14.4 Å². The van der Waals surface area contributed by atoms with E-state index < -0.39 is 0 Å². The van der Waals surface area contributed by atoms with Crippen LogP contribution in [0.5, 0.6) is 0 Å². The number of rotatable bonds is 11. The van der Waals surface area contributed by atoms with Crippen LogP contribution in [0.3, 0.4) is 0 Å². The van der Waals surface area contributed by atoms with Gasteiger partial charge in [0.1, 0.15) is 0 Å². The molecule has 0 saturated carbocycles. The number of amides is 1. The molecule has 1 aromatic heterocycles. The molecule has 2 saturated heterocycles. The smallest absolute Gasteiger partial charge is 0.222 e. The van der Waals surface area contributed by atoms with E-state index >= 15 is 0 Å². The number of nitrogens with zero attached hydrogens (tertiary/aromatic N) is 3. The van der Waals surface area contributed by atoms with E-state index in [9.17, 15) is 4.79 Å². The van der Waals surface area contributed by atoms with Gasteiger partial charge in [-0.2, -0.15) is 0 Å². The van der Waals surface area contributed by atoms with Gasteiger partial charge in [-0.3, -0.25) is 4.79 Å². The van der Waals surface area contributed by atoms with Crippen LogP contribution in [0, 0.1) is 5.92 Å². The molecule has 0 N–H and O–H groups in total. The minimum Gasteiger partial charge on any atom is -0.383 e. The minimum atomic E-state index is 0.325. The molecule has 0 bridgehead atoms. The minimum absolute atomic E-state index is 0.325. The molecule has 2 fully saturated rings. The van der Waals surface area contributed by atoms with E-state index in [1.807, 2.05) is 0 Å². The van der Waals surface area contributed by atoms with Crippen molar-refractivity contribution >= 4 is 5.91 Å². The van der Waals surface area contributed by atoms with E-state index in [0.29, 0.717) is 30.9 Å². The maximum absolute atomic E-state index is 12.9. The highest BCUT2D eigenvalue weighted by atomic mass is 16.5. The molecule has 3 heterocycles. The van der Waals surface area contributed by atoms with E-state index in [1.165, 1.54) is 45.2 Å². The Morgan fingerprint density at radius 3 is 2.71 bits per heavy atom. The largest absolute Gasteiger partial charge is 0.383 e. The second kappa shape index (κ2) is 11.6. The number of unbranched alkanes of at least 4 members (excludes halogenated alkanes) is 2. The molecule has 0 aliphatic carbocycles. The van der Waals surface area contributed by atoms with Crippen molar-refractivity contribution in [2.24, 2.45) is 5.92 Å². The maximum atomic E-state index is 12.9. The molecule has 5 nitrogen and oxygen atoms in total. The molecule has 2 aliphatic heterocycles. The van der Waals surface area contributed by atoms with Gasteiger partial charge in [-0.05, 0) is 69.7 Å². The van der Waals surface area contributed by atoms with Crippen LogP contribution in [0.2, 0.25) is 0 Å². The number of fused-ring (bicyclic) bond motifs is 1. The maximum Gasteiger partial charge on any atom is 0.222 e. The summed E-state index contributed by atoms with van der Waals surface area (Å²) in [6.07, 6.45) is 14.7. The van der Waals surface area contributed by atoms with E-state index in [-0.39, 0.29) is 0 Å².